The van der Waals surface area contributed by atoms with Gasteiger partial charge in [0.2, 0.25) is 5.91 Å². The monoisotopic (exact) mass is 523 g/mol. The lowest BCUT2D eigenvalue weighted by Crippen LogP contribution is -2.44. The first kappa shape index (κ1) is 27.5. The molecule has 4 rings (SSSR count). The van der Waals surface area contributed by atoms with Crippen molar-refractivity contribution in [3.63, 3.8) is 0 Å². The molecule has 1 atom stereocenters. The molecule has 0 radical (unpaired) electrons. The van der Waals surface area contributed by atoms with E-state index < -0.39 is 12.3 Å². The molecule has 1 amide bonds. The molecule has 0 fully saturated rings. The molecule has 204 valence electrons. The van der Waals surface area contributed by atoms with Gasteiger partial charge in [0.25, 0.3) is 0 Å². The van der Waals surface area contributed by atoms with Crippen molar-refractivity contribution in [2.75, 3.05) is 51.7 Å². The minimum atomic E-state index is -0.572. The molecule has 2 aliphatic rings. The van der Waals surface area contributed by atoms with E-state index >= 15 is 0 Å². The molecule has 2 aromatic rings. The van der Waals surface area contributed by atoms with Crippen LogP contribution in [-0.4, -0.2) is 59.5 Å². The molecule has 1 heterocycles. The lowest BCUT2D eigenvalue weighted by molar-refractivity contribution is -0.126. The highest BCUT2D eigenvalue weighted by atomic mass is 16.7. The summed E-state index contributed by atoms with van der Waals surface area (Å²) in [5.41, 5.74) is 3.72. The van der Waals surface area contributed by atoms with Crippen LogP contribution < -0.4 is 25.0 Å². The number of rotatable bonds is 9. The summed E-state index contributed by atoms with van der Waals surface area (Å²) in [7, 11) is 6.23. The van der Waals surface area contributed by atoms with Gasteiger partial charge in [-0.25, -0.2) is 0 Å². The van der Waals surface area contributed by atoms with Crippen LogP contribution in [0.15, 0.2) is 53.7 Å². The maximum atomic E-state index is 13.9. The van der Waals surface area contributed by atoms with Crippen LogP contribution >= 0.6 is 0 Å². The Morgan fingerprint density at radius 1 is 1.08 bits per heavy atom. The maximum Gasteiger partial charge on any atom is 0.239 e. The smallest absolute Gasteiger partial charge is 0.239 e. The van der Waals surface area contributed by atoms with Gasteiger partial charge >= 0.3 is 0 Å². The van der Waals surface area contributed by atoms with Crippen LogP contribution in [0.5, 0.6) is 11.5 Å². The molecule has 2 N–H and O–H groups in total. The van der Waals surface area contributed by atoms with Crippen LogP contribution in [0.3, 0.4) is 0 Å². The summed E-state index contributed by atoms with van der Waals surface area (Å²) >= 11 is 0. The standard InChI is InChI=1S/C29H37N3O6/c1-29(2)14-21-27(23(33)15-29)28(19-12-11-18(35-3)13-24(19)36-4)32(22-10-8-7-9-20(22)31-21)17-25(34)30-16-26(37-5)38-6/h7-13,26,28,31H,14-17H2,1-6H3,(H,30,34). The zero-order valence-corrected chi connectivity index (χ0v) is 22.9. The molecule has 1 aliphatic carbocycles. The number of hydrogen-bond donors (Lipinski definition) is 2. The number of nitrogens with one attached hydrogen (secondary N) is 2. The van der Waals surface area contributed by atoms with Gasteiger partial charge in [-0.3, -0.25) is 9.59 Å². The van der Waals surface area contributed by atoms with Gasteiger partial charge in [-0.15, -0.1) is 0 Å². The third kappa shape index (κ3) is 5.63. The van der Waals surface area contributed by atoms with Crippen LogP contribution in [0.25, 0.3) is 0 Å². The number of ketones is 1. The molecule has 0 saturated heterocycles. The quantitative estimate of drug-likeness (QED) is 0.475. The highest BCUT2D eigenvalue weighted by Gasteiger charge is 2.42. The van der Waals surface area contributed by atoms with Gasteiger partial charge in [0.15, 0.2) is 12.1 Å². The van der Waals surface area contributed by atoms with E-state index in [4.69, 9.17) is 18.9 Å². The van der Waals surface area contributed by atoms with E-state index in [1.165, 1.54) is 14.2 Å². The van der Waals surface area contributed by atoms with Gasteiger partial charge in [-0.1, -0.05) is 26.0 Å². The van der Waals surface area contributed by atoms with Crippen molar-refractivity contribution in [2.24, 2.45) is 5.41 Å². The Morgan fingerprint density at radius 2 is 1.82 bits per heavy atom. The van der Waals surface area contributed by atoms with Crippen LogP contribution in [0.4, 0.5) is 11.4 Å². The first-order valence-electron chi connectivity index (χ1n) is 12.6. The van der Waals surface area contributed by atoms with E-state index in [0.717, 1.165) is 22.6 Å². The Kier molecular flexibility index (Phi) is 8.28. The van der Waals surface area contributed by atoms with Crippen molar-refractivity contribution in [1.29, 1.82) is 0 Å². The zero-order chi connectivity index (χ0) is 27.4. The Hall–Kier alpha value is -3.56. The van der Waals surface area contributed by atoms with Gasteiger partial charge < -0.3 is 34.5 Å². The molecular weight excluding hydrogens is 486 g/mol. The van der Waals surface area contributed by atoms with Crippen molar-refractivity contribution in [2.45, 2.75) is 39.0 Å². The summed E-state index contributed by atoms with van der Waals surface area (Å²) in [6, 6.07) is 12.8. The predicted octanol–water partition coefficient (Wildman–Crippen LogP) is 4.06. The van der Waals surface area contributed by atoms with E-state index in [-0.39, 0.29) is 30.2 Å². The second kappa shape index (κ2) is 11.4. The Labute approximate surface area is 224 Å². The second-order valence-electron chi connectivity index (χ2n) is 10.3. The molecule has 1 aliphatic heterocycles. The Bertz CT molecular complexity index is 1220. The van der Waals surface area contributed by atoms with Gasteiger partial charge in [-0.2, -0.15) is 0 Å². The third-order valence-corrected chi connectivity index (χ3v) is 7.04. The normalized spacial score (nSPS) is 18.3. The number of nitrogens with zero attached hydrogens (tertiary/aromatic N) is 1. The number of carbonyl (C=O) groups excluding carboxylic acids is 2. The van der Waals surface area contributed by atoms with Crippen molar-refractivity contribution in [3.8, 4) is 11.5 Å². The number of allylic oxidation sites excluding steroid dienone is 1. The first-order valence-corrected chi connectivity index (χ1v) is 12.6. The molecular formula is C29H37N3O6. The van der Waals surface area contributed by atoms with E-state index in [9.17, 15) is 9.59 Å². The topological polar surface area (TPSA) is 98.4 Å². The Balaban J connectivity index is 1.88. The van der Waals surface area contributed by atoms with Crippen molar-refractivity contribution >= 4 is 23.1 Å². The summed E-state index contributed by atoms with van der Waals surface area (Å²) in [6.45, 7) is 4.38. The van der Waals surface area contributed by atoms with Gasteiger partial charge in [-0.05, 0) is 36.1 Å². The fourth-order valence-electron chi connectivity index (χ4n) is 5.27. The highest BCUT2D eigenvalue weighted by Crippen LogP contribution is 2.49. The predicted molar refractivity (Wildman–Crippen MR) is 146 cm³/mol. The molecule has 38 heavy (non-hydrogen) atoms. The number of anilines is 2. The van der Waals surface area contributed by atoms with Gasteiger partial charge in [0.05, 0.1) is 44.7 Å². The van der Waals surface area contributed by atoms with Crippen molar-refractivity contribution < 1.29 is 28.5 Å². The van der Waals surface area contributed by atoms with E-state index in [2.05, 4.69) is 24.5 Å². The molecule has 0 spiro atoms. The van der Waals surface area contributed by atoms with Gasteiger partial charge in [0.1, 0.15) is 11.5 Å². The van der Waals surface area contributed by atoms with Crippen LogP contribution in [0.2, 0.25) is 0 Å². The molecule has 9 heteroatoms. The molecule has 0 aromatic heterocycles. The number of hydrogen-bond acceptors (Lipinski definition) is 8. The summed E-state index contributed by atoms with van der Waals surface area (Å²) in [6.07, 6.45) is 0.536. The number of ether oxygens (including phenoxy) is 4. The van der Waals surface area contributed by atoms with E-state index in [1.54, 1.807) is 20.3 Å². The minimum absolute atomic E-state index is 0.00779. The average molecular weight is 524 g/mol. The number of amides is 1. The fourth-order valence-corrected chi connectivity index (χ4v) is 5.27. The largest absolute Gasteiger partial charge is 0.497 e. The highest BCUT2D eigenvalue weighted by molar-refractivity contribution is 6.02. The number of benzene rings is 2. The molecule has 1 unspecified atom stereocenters. The van der Waals surface area contributed by atoms with Gasteiger partial charge in [0, 0.05) is 43.5 Å². The van der Waals surface area contributed by atoms with Crippen molar-refractivity contribution in [1.82, 2.24) is 5.32 Å². The van der Waals surface area contributed by atoms with E-state index in [0.29, 0.717) is 29.9 Å². The molecule has 2 aromatic carbocycles. The fraction of sp³-hybridized carbons (Fsp3) is 0.448. The summed E-state index contributed by atoms with van der Waals surface area (Å²) in [5, 5.41) is 6.45. The summed E-state index contributed by atoms with van der Waals surface area (Å²) in [4.78, 5) is 29.1. The van der Waals surface area contributed by atoms with Crippen LogP contribution in [0.1, 0.15) is 38.3 Å². The minimum Gasteiger partial charge on any atom is -0.497 e. The third-order valence-electron chi connectivity index (χ3n) is 7.04. The first-order chi connectivity index (χ1) is 18.2. The lowest BCUT2D eigenvalue weighted by atomic mass is 9.73. The molecule has 0 saturated carbocycles. The maximum absolute atomic E-state index is 13.9. The zero-order valence-electron chi connectivity index (χ0n) is 22.9. The number of methoxy groups -OCH3 is 4. The van der Waals surface area contributed by atoms with Crippen LogP contribution in [0, 0.1) is 5.41 Å². The number of Topliss-reactive ketones (excluding diaryl/α,β-unsaturated/α-hetero) is 1. The second-order valence-corrected chi connectivity index (χ2v) is 10.3. The lowest BCUT2D eigenvalue weighted by Gasteiger charge is -2.38. The van der Waals surface area contributed by atoms with E-state index in [1.807, 2.05) is 41.3 Å². The number of fused-ring (bicyclic) bond motifs is 1. The Morgan fingerprint density at radius 3 is 2.50 bits per heavy atom. The number of para-hydroxylation sites is 2. The SMILES string of the molecule is COc1ccc(C2C3=C(CC(C)(C)CC3=O)Nc3ccccc3N2CC(=O)NCC(OC)OC)c(OC)c1. The average Bonchev–Trinajstić information content (AvgIpc) is 3.02. The summed E-state index contributed by atoms with van der Waals surface area (Å²) in [5.74, 6) is 1.02. The number of carbonyl (C=O) groups is 2. The van der Waals surface area contributed by atoms with Crippen molar-refractivity contribution in [3.05, 3.63) is 59.3 Å². The summed E-state index contributed by atoms with van der Waals surface area (Å²) < 4.78 is 21.7. The molecule has 9 nitrogen and oxygen atoms in total. The molecule has 0 bridgehead atoms. The van der Waals surface area contributed by atoms with Crippen LogP contribution in [-0.2, 0) is 19.1 Å².